The maximum absolute atomic E-state index is 5.84. The normalized spacial score (nSPS) is 19.6. The molecule has 24 heavy (non-hydrogen) atoms. The highest BCUT2D eigenvalue weighted by Gasteiger charge is 2.20. The lowest BCUT2D eigenvalue weighted by Crippen LogP contribution is -2.31. The summed E-state index contributed by atoms with van der Waals surface area (Å²) in [5.41, 5.74) is 2.43. The molecular formula is C18H23N5O. The van der Waals surface area contributed by atoms with Gasteiger partial charge in [-0.15, -0.1) is 0 Å². The summed E-state index contributed by atoms with van der Waals surface area (Å²) in [5, 5.41) is 8.28. The first kappa shape index (κ1) is 15.4. The lowest BCUT2D eigenvalue weighted by Gasteiger charge is -2.23. The Balaban J connectivity index is 1.44. The van der Waals surface area contributed by atoms with Crippen molar-refractivity contribution >= 4 is 10.9 Å². The summed E-state index contributed by atoms with van der Waals surface area (Å²) < 4.78 is 7.93. The summed E-state index contributed by atoms with van der Waals surface area (Å²) in [6.45, 7) is 4.49. The molecular weight excluding hydrogens is 302 g/mol. The van der Waals surface area contributed by atoms with Crippen molar-refractivity contribution < 1.29 is 4.74 Å². The molecule has 1 fully saturated rings. The molecule has 6 nitrogen and oxygen atoms in total. The lowest BCUT2D eigenvalue weighted by molar-refractivity contribution is 0.121. The molecule has 6 heteroatoms. The number of hydrogen-bond acceptors (Lipinski definition) is 4. The van der Waals surface area contributed by atoms with Gasteiger partial charge in [-0.2, -0.15) is 5.10 Å². The molecule has 0 spiro atoms. The van der Waals surface area contributed by atoms with E-state index in [1.165, 1.54) is 10.9 Å². The first-order valence-electron chi connectivity index (χ1n) is 8.46. The van der Waals surface area contributed by atoms with Gasteiger partial charge in [-0.3, -0.25) is 10.00 Å². The Kier molecular flexibility index (Phi) is 4.32. The number of benzene rings is 1. The summed E-state index contributed by atoms with van der Waals surface area (Å²) in [4.78, 5) is 6.90. The number of imidazole rings is 1. The fourth-order valence-electron chi connectivity index (χ4n) is 3.42. The van der Waals surface area contributed by atoms with Crippen LogP contribution in [0.3, 0.4) is 0 Å². The third-order valence-electron chi connectivity index (χ3n) is 4.74. The summed E-state index contributed by atoms with van der Waals surface area (Å²) in [5.74, 6) is 1.60. The Hall–Kier alpha value is -2.18. The highest BCUT2D eigenvalue weighted by molar-refractivity contribution is 5.78. The Morgan fingerprint density at radius 3 is 3.21 bits per heavy atom. The fourth-order valence-corrected chi connectivity index (χ4v) is 3.42. The largest absolute Gasteiger partial charge is 0.380 e. The molecule has 3 heterocycles. The van der Waals surface area contributed by atoms with Crippen LogP contribution in [0.5, 0.6) is 0 Å². The number of aromatic amines is 1. The third-order valence-corrected chi connectivity index (χ3v) is 4.74. The molecule has 1 aliphatic rings. The van der Waals surface area contributed by atoms with Crippen LogP contribution < -0.4 is 0 Å². The van der Waals surface area contributed by atoms with Crippen molar-refractivity contribution in [2.24, 2.45) is 13.0 Å². The van der Waals surface area contributed by atoms with E-state index in [4.69, 9.17) is 4.74 Å². The molecule has 0 aliphatic carbocycles. The van der Waals surface area contributed by atoms with Crippen molar-refractivity contribution in [1.29, 1.82) is 0 Å². The van der Waals surface area contributed by atoms with Crippen molar-refractivity contribution in [3.8, 4) is 0 Å². The second-order valence-electron chi connectivity index (χ2n) is 6.63. The van der Waals surface area contributed by atoms with Gasteiger partial charge in [0.15, 0.2) is 0 Å². The molecule has 1 N–H and O–H groups in total. The molecule has 0 amide bonds. The molecule has 126 valence electrons. The van der Waals surface area contributed by atoms with E-state index in [0.29, 0.717) is 5.92 Å². The minimum absolute atomic E-state index is 0.497. The zero-order valence-electron chi connectivity index (χ0n) is 14.0. The molecule has 0 bridgehead atoms. The average Bonchev–Trinajstić information content (AvgIpc) is 3.13. The van der Waals surface area contributed by atoms with Crippen LogP contribution >= 0.6 is 0 Å². The lowest BCUT2D eigenvalue weighted by atomic mass is 9.98. The first-order valence-corrected chi connectivity index (χ1v) is 8.46. The number of aryl methyl sites for hydroxylation is 1. The van der Waals surface area contributed by atoms with Crippen LogP contribution in [0.15, 0.2) is 36.8 Å². The predicted octanol–water partition coefficient (Wildman–Crippen LogP) is 1.99. The monoisotopic (exact) mass is 325 g/mol. The minimum Gasteiger partial charge on any atom is -0.380 e. The van der Waals surface area contributed by atoms with E-state index < -0.39 is 0 Å². The van der Waals surface area contributed by atoms with Gasteiger partial charge in [0.25, 0.3) is 0 Å². The second-order valence-corrected chi connectivity index (χ2v) is 6.63. The van der Waals surface area contributed by atoms with E-state index in [9.17, 15) is 0 Å². The van der Waals surface area contributed by atoms with E-state index >= 15 is 0 Å². The smallest absolute Gasteiger partial charge is 0.122 e. The molecule has 1 aromatic carbocycles. The molecule has 1 atom stereocenters. The van der Waals surface area contributed by atoms with Crippen LogP contribution in [-0.4, -0.2) is 51.0 Å². The van der Waals surface area contributed by atoms with Crippen molar-refractivity contribution in [2.45, 2.75) is 13.0 Å². The van der Waals surface area contributed by atoms with E-state index in [-0.39, 0.29) is 0 Å². The zero-order valence-corrected chi connectivity index (χ0v) is 14.0. The Bertz CT molecular complexity index is 808. The third kappa shape index (κ3) is 3.34. The summed E-state index contributed by atoms with van der Waals surface area (Å²) in [6, 6.07) is 6.53. The topological polar surface area (TPSA) is 59.0 Å². The quantitative estimate of drug-likeness (QED) is 0.797. The van der Waals surface area contributed by atoms with Gasteiger partial charge in [0.2, 0.25) is 0 Å². The van der Waals surface area contributed by atoms with Crippen molar-refractivity contribution in [1.82, 2.24) is 24.6 Å². The van der Waals surface area contributed by atoms with E-state index in [0.717, 1.165) is 50.6 Å². The fraction of sp³-hybridized carbons (Fsp3) is 0.444. The summed E-state index contributed by atoms with van der Waals surface area (Å²) in [7, 11) is 2.05. The van der Waals surface area contributed by atoms with Crippen LogP contribution in [0.1, 0.15) is 11.4 Å². The number of nitrogens with one attached hydrogen (secondary N) is 1. The van der Waals surface area contributed by atoms with Gasteiger partial charge in [0.1, 0.15) is 5.82 Å². The summed E-state index contributed by atoms with van der Waals surface area (Å²) in [6.07, 6.45) is 6.77. The average molecular weight is 325 g/mol. The van der Waals surface area contributed by atoms with Crippen LogP contribution in [0.2, 0.25) is 0 Å². The molecule has 3 aromatic rings. The molecule has 1 saturated heterocycles. The maximum atomic E-state index is 5.84. The zero-order chi connectivity index (χ0) is 16.4. The summed E-state index contributed by atoms with van der Waals surface area (Å²) >= 11 is 0. The Morgan fingerprint density at radius 1 is 1.38 bits per heavy atom. The Labute approximate surface area is 141 Å². The Morgan fingerprint density at radius 2 is 2.33 bits per heavy atom. The van der Waals surface area contributed by atoms with Crippen molar-refractivity contribution in [3.05, 3.63) is 48.2 Å². The number of rotatable bonds is 4. The standard InChI is InChI=1S/C18H23N5O/c1-22-5-4-19-18(22)12-23-6-7-24-13-15(11-23)8-14-2-3-17-16(9-14)10-20-21-17/h2-5,9-10,15H,6-8,11-13H2,1H3,(H,20,21)/t15-/m1/s1. The van der Waals surface area contributed by atoms with E-state index in [1.54, 1.807) is 0 Å². The molecule has 2 aromatic heterocycles. The predicted molar refractivity (Wildman–Crippen MR) is 92.6 cm³/mol. The van der Waals surface area contributed by atoms with Crippen LogP contribution in [0.4, 0.5) is 0 Å². The number of fused-ring (bicyclic) bond motifs is 1. The van der Waals surface area contributed by atoms with Gasteiger partial charge in [-0.25, -0.2) is 4.98 Å². The van der Waals surface area contributed by atoms with Crippen LogP contribution in [-0.2, 0) is 24.8 Å². The van der Waals surface area contributed by atoms with Crippen molar-refractivity contribution in [3.63, 3.8) is 0 Å². The van der Waals surface area contributed by atoms with Gasteiger partial charge in [0, 0.05) is 37.9 Å². The number of H-pyrrole nitrogens is 1. The second kappa shape index (κ2) is 6.75. The molecule has 1 aliphatic heterocycles. The number of ether oxygens (including phenoxy) is 1. The highest BCUT2D eigenvalue weighted by atomic mass is 16.5. The highest BCUT2D eigenvalue weighted by Crippen LogP contribution is 2.19. The van der Waals surface area contributed by atoms with Gasteiger partial charge in [-0.1, -0.05) is 6.07 Å². The van der Waals surface area contributed by atoms with Gasteiger partial charge < -0.3 is 9.30 Å². The SMILES string of the molecule is Cn1ccnc1CN1CCOC[C@H](Cc2ccc3[nH]ncc3c2)C1. The number of aromatic nitrogens is 4. The van der Waals surface area contributed by atoms with Gasteiger partial charge in [-0.05, 0) is 30.0 Å². The van der Waals surface area contributed by atoms with Gasteiger partial charge >= 0.3 is 0 Å². The first-order chi connectivity index (χ1) is 11.8. The molecule has 0 saturated carbocycles. The maximum Gasteiger partial charge on any atom is 0.122 e. The van der Waals surface area contributed by atoms with E-state index in [1.807, 2.05) is 25.6 Å². The van der Waals surface area contributed by atoms with Gasteiger partial charge in [0.05, 0.1) is 31.5 Å². The number of hydrogen-bond donors (Lipinski definition) is 1. The van der Waals surface area contributed by atoms with Crippen LogP contribution in [0, 0.1) is 5.92 Å². The van der Waals surface area contributed by atoms with Crippen molar-refractivity contribution in [2.75, 3.05) is 26.3 Å². The minimum atomic E-state index is 0.497. The molecule has 0 radical (unpaired) electrons. The van der Waals surface area contributed by atoms with Crippen LogP contribution in [0.25, 0.3) is 10.9 Å². The van der Waals surface area contributed by atoms with E-state index in [2.05, 4.69) is 42.8 Å². The molecule has 0 unspecified atom stereocenters. The molecule has 4 rings (SSSR count). The number of nitrogens with zero attached hydrogens (tertiary/aromatic N) is 4.